The maximum atomic E-state index is 14.5. The van der Waals surface area contributed by atoms with Gasteiger partial charge in [-0.25, -0.2) is 17.2 Å². The lowest BCUT2D eigenvalue weighted by molar-refractivity contribution is 0.340. The van der Waals surface area contributed by atoms with Crippen LogP contribution < -0.4 is 19.8 Å². The molecular formula is C30H24F2N2O5S. The van der Waals surface area contributed by atoms with Gasteiger partial charge in [0.25, 0.3) is 15.6 Å². The summed E-state index contributed by atoms with van der Waals surface area (Å²) in [5.74, 6) is -1.57. The van der Waals surface area contributed by atoms with E-state index in [2.05, 4.69) is 4.72 Å². The smallest absolute Gasteiger partial charge is 0.261 e. The third-order valence-electron chi connectivity index (χ3n) is 6.16. The van der Waals surface area contributed by atoms with Gasteiger partial charge in [-0.3, -0.25) is 9.52 Å². The SMILES string of the molecule is CCOc1cc(=O)n(C)cc1-c1cc(NS(=O)(=O)c2ccc3ccccc3c2)ccc1Oc1ccc(F)cc1F. The highest BCUT2D eigenvalue weighted by atomic mass is 32.2. The Labute approximate surface area is 229 Å². The molecule has 40 heavy (non-hydrogen) atoms. The van der Waals surface area contributed by atoms with Crippen LogP contribution in [0.5, 0.6) is 17.2 Å². The Morgan fingerprint density at radius 2 is 1.57 bits per heavy atom. The Morgan fingerprint density at radius 1 is 0.825 bits per heavy atom. The molecule has 10 heteroatoms. The standard InChI is InChI=1S/C30H24F2N2O5S/c1-3-38-29-17-30(35)34(2)18-25(29)24-16-22(10-13-27(24)39-28-12-9-21(31)15-26(28)32)33-40(36,37)23-11-8-19-6-4-5-7-20(19)14-23/h4-18,33H,3H2,1-2H3. The van der Waals surface area contributed by atoms with Gasteiger partial charge in [-0.2, -0.15) is 0 Å². The minimum absolute atomic E-state index is 0.0681. The molecule has 0 spiro atoms. The van der Waals surface area contributed by atoms with E-state index in [-0.39, 0.29) is 40.0 Å². The summed E-state index contributed by atoms with van der Waals surface area (Å²) in [6, 6.07) is 20.8. The van der Waals surface area contributed by atoms with E-state index in [1.54, 1.807) is 26.1 Å². The maximum Gasteiger partial charge on any atom is 0.261 e. The Morgan fingerprint density at radius 3 is 2.33 bits per heavy atom. The first-order valence-corrected chi connectivity index (χ1v) is 13.8. The number of anilines is 1. The Balaban J connectivity index is 1.61. The minimum Gasteiger partial charge on any atom is -0.493 e. The number of rotatable bonds is 8. The Hall–Kier alpha value is -4.70. The Kier molecular flexibility index (Phi) is 7.27. The summed E-state index contributed by atoms with van der Waals surface area (Å²) in [6.07, 6.45) is 1.51. The molecule has 1 aromatic heterocycles. The van der Waals surface area contributed by atoms with Crippen molar-refractivity contribution in [1.29, 1.82) is 0 Å². The molecule has 0 atom stereocenters. The van der Waals surface area contributed by atoms with Gasteiger partial charge < -0.3 is 14.0 Å². The van der Waals surface area contributed by atoms with Crippen molar-refractivity contribution in [2.24, 2.45) is 7.05 Å². The van der Waals surface area contributed by atoms with E-state index in [0.29, 0.717) is 17.2 Å². The van der Waals surface area contributed by atoms with Crippen LogP contribution in [0.3, 0.4) is 0 Å². The predicted octanol–water partition coefficient (Wildman–Crippen LogP) is 6.48. The number of benzene rings is 4. The Bertz CT molecular complexity index is 1910. The van der Waals surface area contributed by atoms with Crippen LogP contribution in [-0.2, 0) is 17.1 Å². The summed E-state index contributed by atoms with van der Waals surface area (Å²) < 4.78 is 70.0. The van der Waals surface area contributed by atoms with Crippen molar-refractivity contribution in [3.05, 3.63) is 113 Å². The second-order valence-electron chi connectivity index (χ2n) is 8.94. The van der Waals surface area contributed by atoms with Crippen LogP contribution in [0.15, 0.2) is 101 Å². The summed E-state index contributed by atoms with van der Waals surface area (Å²) in [7, 11) is -2.45. The van der Waals surface area contributed by atoms with E-state index < -0.39 is 21.7 Å². The van der Waals surface area contributed by atoms with Crippen LogP contribution in [0, 0.1) is 11.6 Å². The molecule has 0 aliphatic heterocycles. The van der Waals surface area contributed by atoms with E-state index in [1.807, 2.05) is 24.3 Å². The number of aromatic nitrogens is 1. The van der Waals surface area contributed by atoms with E-state index in [1.165, 1.54) is 41.1 Å². The van der Waals surface area contributed by atoms with Gasteiger partial charge in [-0.05, 0) is 60.2 Å². The van der Waals surface area contributed by atoms with Gasteiger partial charge in [-0.1, -0.05) is 30.3 Å². The summed E-state index contributed by atoms with van der Waals surface area (Å²) in [5.41, 5.74) is 0.563. The first-order valence-electron chi connectivity index (χ1n) is 12.3. The zero-order chi connectivity index (χ0) is 28.4. The average Bonchev–Trinajstić information content (AvgIpc) is 2.92. The molecule has 5 aromatic rings. The largest absolute Gasteiger partial charge is 0.493 e. The number of nitrogens with one attached hydrogen (secondary N) is 1. The molecule has 0 bridgehead atoms. The van der Waals surface area contributed by atoms with E-state index in [0.717, 1.165) is 22.9 Å². The normalized spacial score (nSPS) is 11.4. The molecule has 204 valence electrons. The zero-order valence-corrected chi connectivity index (χ0v) is 22.3. The summed E-state index contributed by atoms with van der Waals surface area (Å²) in [6.45, 7) is 2.00. The van der Waals surface area contributed by atoms with Gasteiger partial charge in [-0.15, -0.1) is 0 Å². The first-order chi connectivity index (χ1) is 19.1. The molecule has 1 N–H and O–H groups in total. The van der Waals surface area contributed by atoms with Crippen molar-refractivity contribution < 1.29 is 26.7 Å². The van der Waals surface area contributed by atoms with Gasteiger partial charge in [0.05, 0.1) is 11.5 Å². The molecule has 0 aliphatic carbocycles. The average molecular weight is 563 g/mol. The predicted molar refractivity (Wildman–Crippen MR) is 149 cm³/mol. The third kappa shape index (κ3) is 5.52. The molecule has 0 aliphatic rings. The van der Waals surface area contributed by atoms with Gasteiger partial charge in [0.15, 0.2) is 11.6 Å². The lowest BCUT2D eigenvalue weighted by Gasteiger charge is -2.18. The van der Waals surface area contributed by atoms with Gasteiger partial charge >= 0.3 is 0 Å². The maximum absolute atomic E-state index is 14.5. The number of nitrogens with zero attached hydrogens (tertiary/aromatic N) is 1. The van der Waals surface area contributed by atoms with Crippen molar-refractivity contribution in [1.82, 2.24) is 4.57 Å². The van der Waals surface area contributed by atoms with Crippen molar-refractivity contribution in [2.75, 3.05) is 11.3 Å². The topological polar surface area (TPSA) is 86.6 Å². The molecule has 0 radical (unpaired) electrons. The quantitative estimate of drug-likeness (QED) is 0.234. The number of sulfonamides is 1. The highest BCUT2D eigenvalue weighted by Gasteiger charge is 2.20. The molecule has 0 unspecified atom stereocenters. The monoisotopic (exact) mass is 562 g/mol. The van der Waals surface area contributed by atoms with E-state index in [4.69, 9.17) is 9.47 Å². The highest BCUT2D eigenvalue weighted by Crippen LogP contribution is 2.40. The first kappa shape index (κ1) is 26.9. The number of ether oxygens (including phenoxy) is 2. The van der Waals surface area contributed by atoms with Crippen molar-refractivity contribution in [3.63, 3.8) is 0 Å². The zero-order valence-electron chi connectivity index (χ0n) is 21.5. The molecule has 0 amide bonds. The summed E-state index contributed by atoms with van der Waals surface area (Å²) >= 11 is 0. The number of aryl methyl sites for hydroxylation is 1. The fourth-order valence-corrected chi connectivity index (χ4v) is 5.29. The van der Waals surface area contributed by atoms with Gasteiger partial charge in [0, 0.05) is 42.2 Å². The van der Waals surface area contributed by atoms with Crippen LogP contribution in [0.4, 0.5) is 14.5 Å². The molecule has 0 fully saturated rings. The second kappa shape index (κ2) is 10.8. The molecule has 0 saturated carbocycles. The lowest BCUT2D eigenvalue weighted by Crippen LogP contribution is -2.16. The number of fused-ring (bicyclic) bond motifs is 1. The van der Waals surface area contributed by atoms with E-state index >= 15 is 0 Å². The number of hydrogen-bond donors (Lipinski definition) is 1. The van der Waals surface area contributed by atoms with Crippen LogP contribution in [0.2, 0.25) is 0 Å². The third-order valence-corrected chi connectivity index (χ3v) is 7.54. The van der Waals surface area contributed by atoms with Crippen molar-refractivity contribution in [2.45, 2.75) is 11.8 Å². The van der Waals surface area contributed by atoms with Crippen LogP contribution in [0.1, 0.15) is 6.92 Å². The second-order valence-corrected chi connectivity index (χ2v) is 10.6. The van der Waals surface area contributed by atoms with Crippen LogP contribution in [0.25, 0.3) is 21.9 Å². The number of hydrogen-bond acceptors (Lipinski definition) is 5. The van der Waals surface area contributed by atoms with Crippen LogP contribution >= 0.6 is 0 Å². The number of pyridine rings is 1. The number of halogens is 2. The van der Waals surface area contributed by atoms with Crippen LogP contribution in [-0.4, -0.2) is 19.6 Å². The molecule has 4 aromatic carbocycles. The molecular weight excluding hydrogens is 538 g/mol. The molecule has 7 nitrogen and oxygen atoms in total. The lowest BCUT2D eigenvalue weighted by atomic mass is 10.0. The molecule has 5 rings (SSSR count). The highest BCUT2D eigenvalue weighted by molar-refractivity contribution is 7.92. The van der Waals surface area contributed by atoms with Crippen molar-refractivity contribution in [3.8, 4) is 28.4 Å². The van der Waals surface area contributed by atoms with E-state index in [9.17, 15) is 22.0 Å². The summed E-state index contributed by atoms with van der Waals surface area (Å²) in [5, 5.41) is 1.67. The van der Waals surface area contributed by atoms with Gasteiger partial charge in [0.2, 0.25) is 0 Å². The molecule has 0 saturated heterocycles. The van der Waals surface area contributed by atoms with Crippen molar-refractivity contribution >= 4 is 26.5 Å². The summed E-state index contributed by atoms with van der Waals surface area (Å²) in [4.78, 5) is 12.4. The minimum atomic E-state index is -4.00. The van der Waals surface area contributed by atoms with Gasteiger partial charge in [0.1, 0.15) is 17.3 Å². The fraction of sp³-hybridized carbons (Fsp3) is 0.100. The molecule has 1 heterocycles. The fourth-order valence-electron chi connectivity index (χ4n) is 4.21.